The van der Waals surface area contributed by atoms with Gasteiger partial charge in [-0.05, 0) is 29.8 Å². The number of nitrogens with zero attached hydrogens (tertiary/aromatic N) is 1. The first-order valence-electron chi connectivity index (χ1n) is 5.99. The molecule has 4 nitrogen and oxygen atoms in total. The van der Waals surface area contributed by atoms with Crippen molar-refractivity contribution in [3.8, 4) is 5.75 Å². The molecule has 1 aromatic heterocycles. The Morgan fingerprint density at radius 2 is 1.90 bits per heavy atom. The van der Waals surface area contributed by atoms with Crippen LogP contribution >= 0.6 is 0 Å². The minimum Gasteiger partial charge on any atom is -0.459 e. The van der Waals surface area contributed by atoms with Crippen molar-refractivity contribution in [2.75, 3.05) is 7.05 Å². The lowest BCUT2D eigenvalue weighted by Gasteiger charge is -2.16. The van der Waals surface area contributed by atoms with Gasteiger partial charge in [-0.1, -0.05) is 12.1 Å². The van der Waals surface area contributed by atoms with Gasteiger partial charge in [-0.15, -0.1) is 13.2 Å². The molecule has 0 atom stereocenters. The average Bonchev–Trinajstić information content (AvgIpc) is 2.92. The van der Waals surface area contributed by atoms with Crippen LogP contribution < -0.4 is 4.74 Å². The molecule has 0 unspecified atom stereocenters. The molecule has 0 spiro atoms. The third-order valence-corrected chi connectivity index (χ3v) is 2.66. The first-order valence-corrected chi connectivity index (χ1v) is 5.99. The SMILES string of the molecule is CN(Cc1ccc(OC(F)(F)F)cc1)C(=O)c1ccco1. The van der Waals surface area contributed by atoms with E-state index < -0.39 is 6.36 Å². The van der Waals surface area contributed by atoms with Crippen molar-refractivity contribution < 1.29 is 27.1 Å². The van der Waals surface area contributed by atoms with E-state index in [0.29, 0.717) is 5.56 Å². The van der Waals surface area contributed by atoms with Crippen LogP contribution in [-0.2, 0) is 6.54 Å². The number of carbonyl (C=O) groups is 1. The van der Waals surface area contributed by atoms with Crippen molar-refractivity contribution >= 4 is 5.91 Å². The molecule has 2 rings (SSSR count). The maximum absolute atomic E-state index is 12.0. The number of amides is 1. The van der Waals surface area contributed by atoms with Crippen molar-refractivity contribution in [1.82, 2.24) is 4.90 Å². The predicted molar refractivity (Wildman–Crippen MR) is 67.6 cm³/mol. The molecule has 112 valence electrons. The first-order chi connectivity index (χ1) is 9.85. The molecule has 21 heavy (non-hydrogen) atoms. The van der Waals surface area contributed by atoms with E-state index >= 15 is 0 Å². The summed E-state index contributed by atoms with van der Waals surface area (Å²) in [6.45, 7) is 0.242. The Labute approximate surface area is 118 Å². The molecule has 0 aliphatic rings. The summed E-state index contributed by atoms with van der Waals surface area (Å²) in [6.07, 6.45) is -3.32. The van der Waals surface area contributed by atoms with Crippen LogP contribution in [0.5, 0.6) is 5.75 Å². The molecule has 0 saturated heterocycles. The smallest absolute Gasteiger partial charge is 0.459 e. The summed E-state index contributed by atoms with van der Waals surface area (Å²) >= 11 is 0. The van der Waals surface area contributed by atoms with E-state index in [4.69, 9.17) is 4.42 Å². The highest BCUT2D eigenvalue weighted by Gasteiger charge is 2.30. The van der Waals surface area contributed by atoms with Gasteiger partial charge in [-0.25, -0.2) is 0 Å². The van der Waals surface area contributed by atoms with E-state index in [1.165, 1.54) is 35.4 Å². The van der Waals surface area contributed by atoms with Crippen LogP contribution in [-0.4, -0.2) is 24.2 Å². The summed E-state index contributed by atoms with van der Waals surface area (Å²) in [5.41, 5.74) is 0.673. The van der Waals surface area contributed by atoms with Crippen molar-refractivity contribution in [3.63, 3.8) is 0 Å². The quantitative estimate of drug-likeness (QED) is 0.868. The molecule has 0 fully saturated rings. The summed E-state index contributed by atoms with van der Waals surface area (Å²) in [6, 6.07) is 8.48. The fourth-order valence-corrected chi connectivity index (χ4v) is 1.73. The number of benzene rings is 1. The van der Waals surface area contributed by atoms with Crippen LogP contribution in [0.3, 0.4) is 0 Å². The molecular weight excluding hydrogens is 287 g/mol. The van der Waals surface area contributed by atoms with E-state index in [9.17, 15) is 18.0 Å². The molecule has 7 heteroatoms. The standard InChI is InChI=1S/C14H12F3NO3/c1-18(13(19)12-3-2-8-20-12)9-10-4-6-11(7-5-10)21-14(15,16)17/h2-8H,9H2,1H3. The molecule has 0 radical (unpaired) electrons. The fraction of sp³-hybridized carbons (Fsp3) is 0.214. The Bertz CT molecular complexity index is 591. The van der Waals surface area contributed by atoms with Gasteiger partial charge in [-0.3, -0.25) is 4.79 Å². The van der Waals surface area contributed by atoms with Crippen molar-refractivity contribution in [1.29, 1.82) is 0 Å². The Morgan fingerprint density at radius 1 is 1.24 bits per heavy atom. The number of alkyl halides is 3. The molecule has 0 aliphatic carbocycles. The molecule has 2 aromatic rings. The topological polar surface area (TPSA) is 42.7 Å². The lowest BCUT2D eigenvalue weighted by atomic mass is 10.2. The predicted octanol–water partition coefficient (Wildman–Crippen LogP) is 3.45. The van der Waals surface area contributed by atoms with Crippen LogP contribution in [0.2, 0.25) is 0 Å². The van der Waals surface area contributed by atoms with E-state index in [1.807, 2.05) is 0 Å². The van der Waals surface area contributed by atoms with E-state index in [1.54, 1.807) is 19.2 Å². The number of hydrogen-bond donors (Lipinski definition) is 0. The molecule has 0 saturated carbocycles. The highest BCUT2D eigenvalue weighted by molar-refractivity contribution is 5.91. The molecule has 0 bridgehead atoms. The second-order valence-electron chi connectivity index (χ2n) is 4.33. The maximum Gasteiger partial charge on any atom is 0.573 e. The van der Waals surface area contributed by atoms with E-state index in [2.05, 4.69) is 4.74 Å². The number of furan rings is 1. The second kappa shape index (κ2) is 5.90. The van der Waals surface area contributed by atoms with E-state index in [-0.39, 0.29) is 24.0 Å². The van der Waals surface area contributed by atoms with Gasteiger partial charge >= 0.3 is 6.36 Å². The summed E-state index contributed by atoms with van der Waals surface area (Å²) in [4.78, 5) is 13.3. The van der Waals surface area contributed by atoms with Crippen LogP contribution in [0.4, 0.5) is 13.2 Å². The van der Waals surface area contributed by atoms with Crippen molar-refractivity contribution in [3.05, 3.63) is 54.0 Å². The molecule has 1 heterocycles. The third kappa shape index (κ3) is 4.27. The van der Waals surface area contributed by atoms with Crippen LogP contribution in [0.25, 0.3) is 0 Å². The number of carbonyl (C=O) groups excluding carboxylic acids is 1. The summed E-state index contributed by atoms with van der Waals surface area (Å²) in [7, 11) is 1.57. The van der Waals surface area contributed by atoms with Gasteiger partial charge in [0, 0.05) is 13.6 Å². The minimum atomic E-state index is -4.71. The Hall–Kier alpha value is -2.44. The summed E-state index contributed by atoms with van der Waals surface area (Å²) < 4.78 is 44.9. The van der Waals surface area contributed by atoms with Gasteiger partial charge in [0.2, 0.25) is 0 Å². The summed E-state index contributed by atoms with van der Waals surface area (Å²) in [5, 5.41) is 0. The van der Waals surface area contributed by atoms with Gasteiger partial charge in [0.15, 0.2) is 5.76 Å². The number of rotatable bonds is 4. The van der Waals surface area contributed by atoms with Crippen LogP contribution in [0.15, 0.2) is 47.1 Å². The zero-order chi connectivity index (χ0) is 15.5. The van der Waals surface area contributed by atoms with Gasteiger partial charge in [0.25, 0.3) is 5.91 Å². The monoisotopic (exact) mass is 299 g/mol. The maximum atomic E-state index is 12.0. The number of hydrogen-bond acceptors (Lipinski definition) is 3. The third-order valence-electron chi connectivity index (χ3n) is 2.66. The Morgan fingerprint density at radius 3 is 2.43 bits per heavy atom. The lowest BCUT2D eigenvalue weighted by Crippen LogP contribution is -2.25. The van der Waals surface area contributed by atoms with Gasteiger partial charge in [0.1, 0.15) is 5.75 Å². The van der Waals surface area contributed by atoms with Crippen molar-refractivity contribution in [2.24, 2.45) is 0 Å². The lowest BCUT2D eigenvalue weighted by molar-refractivity contribution is -0.274. The zero-order valence-electron chi connectivity index (χ0n) is 11.1. The van der Waals surface area contributed by atoms with Gasteiger partial charge in [-0.2, -0.15) is 0 Å². The highest BCUT2D eigenvalue weighted by Crippen LogP contribution is 2.23. The van der Waals surface area contributed by atoms with Gasteiger partial charge < -0.3 is 14.1 Å². The number of ether oxygens (including phenoxy) is 1. The van der Waals surface area contributed by atoms with E-state index in [0.717, 1.165) is 0 Å². The molecule has 1 aromatic carbocycles. The Kier molecular flexibility index (Phi) is 4.21. The second-order valence-corrected chi connectivity index (χ2v) is 4.33. The van der Waals surface area contributed by atoms with Gasteiger partial charge in [0.05, 0.1) is 6.26 Å². The summed E-state index contributed by atoms with van der Waals surface area (Å²) in [5.74, 6) is -0.406. The fourth-order valence-electron chi connectivity index (χ4n) is 1.73. The average molecular weight is 299 g/mol. The molecular formula is C14H12F3NO3. The van der Waals surface area contributed by atoms with Crippen LogP contribution in [0.1, 0.15) is 16.1 Å². The first kappa shape index (κ1) is 15.0. The molecule has 1 amide bonds. The highest BCUT2D eigenvalue weighted by atomic mass is 19.4. The Balaban J connectivity index is 1.98. The zero-order valence-corrected chi connectivity index (χ0v) is 11.1. The minimum absolute atomic E-state index is 0.203. The molecule has 0 N–H and O–H groups in total. The molecule has 0 aliphatic heterocycles. The van der Waals surface area contributed by atoms with Crippen molar-refractivity contribution in [2.45, 2.75) is 12.9 Å². The van der Waals surface area contributed by atoms with Crippen LogP contribution in [0, 0.1) is 0 Å². The largest absolute Gasteiger partial charge is 0.573 e. The number of halogens is 3. The normalized spacial score (nSPS) is 11.2.